The average Bonchev–Trinajstić information content (AvgIpc) is 2.95. The van der Waals surface area contributed by atoms with Crippen LogP contribution in [0.4, 0.5) is 4.39 Å². The van der Waals surface area contributed by atoms with Gasteiger partial charge >= 0.3 is 0 Å². The third-order valence-corrected chi connectivity index (χ3v) is 3.46. The van der Waals surface area contributed by atoms with E-state index in [4.69, 9.17) is 17.3 Å². The summed E-state index contributed by atoms with van der Waals surface area (Å²) >= 11 is 5.97. The Morgan fingerprint density at radius 1 is 1.50 bits per heavy atom. The summed E-state index contributed by atoms with van der Waals surface area (Å²) in [6.45, 7) is 2.27. The molecule has 0 unspecified atom stereocenters. The molecule has 1 aliphatic rings. The molecule has 0 saturated heterocycles. The molecule has 0 atom stereocenters. The third kappa shape index (κ3) is 1.33. The Labute approximate surface area is 88.1 Å². The molecule has 3 heteroatoms. The molecule has 0 radical (unpaired) electrons. The van der Waals surface area contributed by atoms with Crippen molar-refractivity contribution in [3.63, 3.8) is 0 Å². The second-order valence-electron chi connectivity index (χ2n) is 4.04. The largest absolute Gasteiger partial charge is 0.330 e. The molecule has 1 aliphatic carbocycles. The molecular weight excluding hydrogens is 201 g/mol. The van der Waals surface area contributed by atoms with Crippen LogP contribution in [0.5, 0.6) is 0 Å². The van der Waals surface area contributed by atoms with E-state index in [1.165, 1.54) is 0 Å². The van der Waals surface area contributed by atoms with Crippen molar-refractivity contribution in [2.24, 2.45) is 5.73 Å². The van der Waals surface area contributed by atoms with Crippen LogP contribution >= 0.6 is 11.6 Å². The lowest BCUT2D eigenvalue weighted by Gasteiger charge is -2.15. The summed E-state index contributed by atoms with van der Waals surface area (Å²) < 4.78 is 13.5. The van der Waals surface area contributed by atoms with Crippen LogP contribution in [0, 0.1) is 12.7 Å². The Bertz CT molecular complexity index is 372. The Kier molecular flexibility index (Phi) is 2.28. The number of benzene rings is 1. The Morgan fingerprint density at radius 2 is 2.14 bits per heavy atom. The van der Waals surface area contributed by atoms with Gasteiger partial charge in [-0.05, 0) is 30.9 Å². The molecule has 1 fully saturated rings. The minimum absolute atomic E-state index is 0.0361. The van der Waals surface area contributed by atoms with Gasteiger partial charge in [0, 0.05) is 12.0 Å². The minimum atomic E-state index is -0.302. The number of hydrogen-bond acceptors (Lipinski definition) is 1. The van der Waals surface area contributed by atoms with Crippen LogP contribution in [0.2, 0.25) is 5.02 Å². The quantitative estimate of drug-likeness (QED) is 0.804. The first kappa shape index (κ1) is 9.94. The molecule has 1 aromatic rings. The second-order valence-corrected chi connectivity index (χ2v) is 4.42. The number of hydrogen-bond donors (Lipinski definition) is 1. The topological polar surface area (TPSA) is 26.0 Å². The van der Waals surface area contributed by atoms with Crippen molar-refractivity contribution in [3.05, 3.63) is 34.1 Å². The highest BCUT2D eigenvalue weighted by atomic mass is 35.5. The van der Waals surface area contributed by atoms with Gasteiger partial charge in [0.1, 0.15) is 5.82 Å². The van der Waals surface area contributed by atoms with Gasteiger partial charge < -0.3 is 5.73 Å². The molecule has 0 amide bonds. The van der Waals surface area contributed by atoms with Gasteiger partial charge in [-0.1, -0.05) is 23.7 Å². The molecule has 14 heavy (non-hydrogen) atoms. The fourth-order valence-electron chi connectivity index (χ4n) is 1.79. The molecule has 0 bridgehead atoms. The van der Waals surface area contributed by atoms with Crippen LogP contribution in [-0.4, -0.2) is 6.54 Å². The van der Waals surface area contributed by atoms with Crippen LogP contribution in [-0.2, 0) is 5.41 Å². The van der Waals surface area contributed by atoms with Crippen molar-refractivity contribution in [1.82, 2.24) is 0 Å². The van der Waals surface area contributed by atoms with Gasteiger partial charge in [-0.3, -0.25) is 0 Å². The average molecular weight is 214 g/mol. The smallest absolute Gasteiger partial charge is 0.144 e. The first-order valence-corrected chi connectivity index (χ1v) is 5.14. The number of aryl methyl sites for hydroxylation is 1. The van der Waals surface area contributed by atoms with Gasteiger partial charge in [-0.15, -0.1) is 0 Å². The summed E-state index contributed by atoms with van der Waals surface area (Å²) in [5.41, 5.74) is 7.11. The second kappa shape index (κ2) is 3.21. The van der Waals surface area contributed by atoms with Crippen molar-refractivity contribution in [2.45, 2.75) is 25.2 Å². The van der Waals surface area contributed by atoms with Crippen molar-refractivity contribution >= 4 is 11.6 Å². The lowest BCUT2D eigenvalue weighted by molar-refractivity contribution is 0.608. The van der Waals surface area contributed by atoms with E-state index >= 15 is 0 Å². The van der Waals surface area contributed by atoms with E-state index < -0.39 is 0 Å². The highest BCUT2D eigenvalue weighted by Gasteiger charge is 2.44. The Morgan fingerprint density at radius 3 is 2.64 bits per heavy atom. The molecule has 2 N–H and O–H groups in total. The van der Waals surface area contributed by atoms with Gasteiger partial charge in [0.2, 0.25) is 0 Å². The predicted octanol–water partition coefficient (Wildman–Crippen LogP) is 2.78. The lowest BCUT2D eigenvalue weighted by atomic mass is 9.95. The van der Waals surface area contributed by atoms with Crippen molar-refractivity contribution < 1.29 is 4.39 Å². The third-order valence-electron chi connectivity index (χ3n) is 3.09. The maximum Gasteiger partial charge on any atom is 0.144 e. The molecule has 0 heterocycles. The van der Waals surface area contributed by atoms with Crippen LogP contribution in [0.3, 0.4) is 0 Å². The summed E-state index contributed by atoms with van der Waals surface area (Å²) in [6, 6.07) is 3.67. The molecule has 2 rings (SSSR count). The maximum atomic E-state index is 13.5. The van der Waals surface area contributed by atoms with Crippen LogP contribution < -0.4 is 5.73 Å². The van der Waals surface area contributed by atoms with E-state index in [-0.39, 0.29) is 16.3 Å². The van der Waals surface area contributed by atoms with E-state index in [2.05, 4.69) is 0 Å². The van der Waals surface area contributed by atoms with Crippen molar-refractivity contribution in [3.8, 4) is 0 Å². The highest BCUT2D eigenvalue weighted by Crippen LogP contribution is 2.50. The van der Waals surface area contributed by atoms with Crippen LogP contribution in [0.1, 0.15) is 24.0 Å². The van der Waals surface area contributed by atoms with Gasteiger partial charge in [-0.2, -0.15) is 0 Å². The van der Waals surface area contributed by atoms with Crippen LogP contribution in [0.25, 0.3) is 0 Å². The zero-order valence-electron chi connectivity index (χ0n) is 8.11. The van der Waals surface area contributed by atoms with Gasteiger partial charge in [0.15, 0.2) is 0 Å². The Balaban J connectivity index is 2.50. The van der Waals surface area contributed by atoms with E-state index in [1.807, 2.05) is 6.07 Å². The molecular formula is C11H13ClFN. The van der Waals surface area contributed by atoms with Gasteiger partial charge in [0.05, 0.1) is 5.02 Å². The monoisotopic (exact) mass is 213 g/mol. The van der Waals surface area contributed by atoms with Crippen molar-refractivity contribution in [1.29, 1.82) is 0 Å². The SMILES string of the molecule is Cc1ccc(C2(CN)CC2)c(Cl)c1F. The zero-order valence-corrected chi connectivity index (χ0v) is 8.87. The van der Waals surface area contributed by atoms with E-state index in [0.29, 0.717) is 12.1 Å². The molecule has 76 valence electrons. The summed E-state index contributed by atoms with van der Waals surface area (Å²) in [7, 11) is 0. The van der Waals surface area contributed by atoms with E-state index in [9.17, 15) is 4.39 Å². The fraction of sp³-hybridized carbons (Fsp3) is 0.455. The molecule has 0 aromatic heterocycles. The first-order valence-electron chi connectivity index (χ1n) is 4.76. The number of halogens is 2. The van der Waals surface area contributed by atoms with E-state index in [0.717, 1.165) is 18.4 Å². The highest BCUT2D eigenvalue weighted by molar-refractivity contribution is 6.31. The van der Waals surface area contributed by atoms with E-state index in [1.54, 1.807) is 13.0 Å². The van der Waals surface area contributed by atoms with Crippen LogP contribution in [0.15, 0.2) is 12.1 Å². The molecule has 1 aromatic carbocycles. The number of rotatable bonds is 2. The standard InChI is InChI=1S/C11H13ClFN/c1-7-2-3-8(9(12)10(7)13)11(6-14)4-5-11/h2-3H,4-6,14H2,1H3. The molecule has 1 nitrogen and oxygen atoms in total. The Hall–Kier alpha value is -0.600. The lowest BCUT2D eigenvalue weighted by Crippen LogP contribution is -2.20. The first-order chi connectivity index (χ1) is 6.60. The molecule has 0 spiro atoms. The molecule has 1 saturated carbocycles. The predicted molar refractivity (Wildman–Crippen MR) is 56.1 cm³/mol. The normalized spacial score (nSPS) is 18.3. The summed E-state index contributed by atoms with van der Waals surface area (Å²) in [4.78, 5) is 0. The van der Waals surface area contributed by atoms with Gasteiger partial charge in [0.25, 0.3) is 0 Å². The maximum absolute atomic E-state index is 13.5. The summed E-state index contributed by atoms with van der Waals surface area (Å²) in [5.74, 6) is -0.302. The fourth-order valence-corrected chi connectivity index (χ4v) is 2.20. The minimum Gasteiger partial charge on any atom is -0.330 e. The molecule has 0 aliphatic heterocycles. The van der Waals surface area contributed by atoms with Crippen molar-refractivity contribution in [2.75, 3.05) is 6.54 Å². The van der Waals surface area contributed by atoms with Gasteiger partial charge in [-0.25, -0.2) is 4.39 Å². The zero-order chi connectivity index (χ0) is 10.3. The number of nitrogens with two attached hydrogens (primary N) is 1. The summed E-state index contributed by atoms with van der Waals surface area (Å²) in [6.07, 6.45) is 2.04. The summed E-state index contributed by atoms with van der Waals surface area (Å²) in [5, 5.41) is 0.257.